The van der Waals surface area contributed by atoms with Gasteiger partial charge in [-0.25, -0.2) is 4.98 Å². The van der Waals surface area contributed by atoms with Gasteiger partial charge in [-0.05, 0) is 121 Å². The lowest BCUT2D eigenvalue weighted by Gasteiger charge is -2.39. The highest BCUT2D eigenvalue weighted by Crippen LogP contribution is 2.39. The minimum absolute atomic E-state index is 0.119. The molecule has 368 valence electrons. The summed E-state index contributed by atoms with van der Waals surface area (Å²) in [6.45, 7) is 6.55. The van der Waals surface area contributed by atoms with Gasteiger partial charge in [0.2, 0.25) is 0 Å². The van der Waals surface area contributed by atoms with E-state index in [4.69, 9.17) is 22.7 Å². The number of benzene rings is 10. The highest BCUT2D eigenvalue weighted by molar-refractivity contribution is 7.20. The number of fused-ring (bicyclic) bond motifs is 6. The van der Waals surface area contributed by atoms with Gasteiger partial charge in [-0.1, -0.05) is 203 Å². The van der Waals surface area contributed by atoms with E-state index in [9.17, 15) is 5.48 Å². The van der Waals surface area contributed by atoms with Gasteiger partial charge in [-0.15, -0.1) is 0 Å². The Kier molecular flexibility index (Phi) is 8.68. The van der Waals surface area contributed by atoms with Gasteiger partial charge in [0, 0.05) is 23.0 Å². The summed E-state index contributed by atoms with van der Waals surface area (Å²) in [6, 6.07) is 58.2. The third-order valence-corrected chi connectivity index (χ3v) is 19.5. The second-order valence-electron chi connectivity index (χ2n) is 20.2. The van der Waals surface area contributed by atoms with Crippen LogP contribution < -0.4 is 34.8 Å². The van der Waals surface area contributed by atoms with Crippen molar-refractivity contribution in [2.45, 2.75) is 26.2 Å². The number of nitrogens with zero attached hydrogens (tertiary/aromatic N) is 4. The van der Waals surface area contributed by atoms with Crippen LogP contribution in [0.3, 0.4) is 0 Å². The van der Waals surface area contributed by atoms with Crippen molar-refractivity contribution >= 4 is 61.7 Å². The molecule has 4 heterocycles. The quantitative estimate of drug-likeness (QED) is 0.0822. The Labute approximate surface area is 463 Å². The predicted octanol–water partition coefficient (Wildman–Crippen LogP) is 14.1. The molecule has 0 saturated carbocycles. The maximum atomic E-state index is 9.42. The molecule has 0 aliphatic carbocycles. The topological polar surface area (TPSA) is 45.1 Å². The van der Waals surface area contributed by atoms with Gasteiger partial charge in [0.05, 0.1) is 47.1 Å². The first-order chi connectivity index (χ1) is 41.9. The third kappa shape index (κ3) is 7.69. The standard InChI is InChI=1S/C70H52N4O2Si/c1-70(2,3)50-40-41-71-68(42-50)74-60-35-17-16-32-58(60)59-39-38-53(44-61(59)74)75-52-27-20-26-51(43-52)72-47-73(69-56(48-22-8-4-9-23-48)33-21-34-57(69)49-24-10-5-11-25-49)63-46-67-65(45-62(63)72)76-64-36-18-19-37-66(64)77(67,54-28-12-6-13-29-54)55-30-14-7-15-31-55/h4-46H,1-3H3/i4D,5D,8D,9D,10D,11D,22D,23D,24D,25D. The number of rotatable bonds is 9. The van der Waals surface area contributed by atoms with Crippen LogP contribution in [0.2, 0.25) is 0 Å². The van der Waals surface area contributed by atoms with E-state index in [1.54, 1.807) is 22.8 Å². The van der Waals surface area contributed by atoms with Gasteiger partial charge in [0.15, 0.2) is 8.07 Å². The van der Waals surface area contributed by atoms with Crippen molar-refractivity contribution in [1.29, 1.82) is 0 Å². The molecule has 77 heavy (non-hydrogen) atoms. The Morgan fingerprint density at radius 3 is 1.90 bits per heavy atom. The maximum absolute atomic E-state index is 9.42. The van der Waals surface area contributed by atoms with Gasteiger partial charge in [0.25, 0.3) is 6.33 Å². The molecule has 1 aliphatic rings. The van der Waals surface area contributed by atoms with Crippen LogP contribution in [-0.2, 0) is 5.41 Å². The van der Waals surface area contributed by atoms with E-state index in [1.165, 1.54) is 0 Å². The minimum Gasteiger partial charge on any atom is -0.458 e. The van der Waals surface area contributed by atoms with Crippen molar-refractivity contribution in [2.24, 2.45) is 0 Å². The SMILES string of the molecule is [2H]c1c([2H])c([2H])c(-c2cccc(-c3c([2H])c([2H])c([2H])c([2H])c3[2H])c2-[n+]2[c-]n(-c3cccc(Oc4ccc5c6ccccc6n(-c6cc(C(C)(C)C)ccn6)c5c4)c3)c3cc4c(cc32)[Si](c2ccccc2)(c2ccccc2)c2ccccc2O4)c([2H])c1[2H]. The smallest absolute Gasteiger partial charge is 0.269 e. The van der Waals surface area contributed by atoms with Crippen LogP contribution in [0.1, 0.15) is 40.0 Å². The summed E-state index contributed by atoms with van der Waals surface area (Å²) in [4.78, 5) is 4.89. The van der Waals surface area contributed by atoms with Gasteiger partial charge < -0.3 is 9.47 Å². The van der Waals surface area contributed by atoms with Gasteiger partial charge >= 0.3 is 0 Å². The zero-order valence-electron chi connectivity index (χ0n) is 52.2. The fraction of sp³-hybridized carbons (Fsp3) is 0.0571. The summed E-state index contributed by atoms with van der Waals surface area (Å²) in [6.07, 6.45) is 5.50. The molecule has 0 unspecified atom stereocenters. The van der Waals surface area contributed by atoms with Crippen LogP contribution in [-0.4, -0.2) is 22.2 Å². The molecular weight excluding hydrogens is 957 g/mol. The zero-order chi connectivity index (χ0) is 60.4. The third-order valence-electron chi connectivity index (χ3n) is 14.7. The molecule has 7 heteroatoms. The van der Waals surface area contributed by atoms with E-state index in [2.05, 4.69) is 98.4 Å². The van der Waals surface area contributed by atoms with Crippen LogP contribution in [0.25, 0.3) is 72.3 Å². The Hall–Kier alpha value is -9.56. The Morgan fingerprint density at radius 2 is 1.18 bits per heavy atom. The van der Waals surface area contributed by atoms with Crippen LogP contribution >= 0.6 is 0 Å². The Balaban J connectivity index is 1.05. The summed E-state index contributed by atoms with van der Waals surface area (Å²) in [5, 5.41) is 6.10. The molecule has 0 atom stereocenters. The second kappa shape index (κ2) is 18.4. The number of aromatic nitrogens is 4. The minimum atomic E-state index is -3.39. The molecule has 0 radical (unpaired) electrons. The molecule has 0 amide bonds. The molecule has 0 N–H and O–H groups in total. The van der Waals surface area contributed by atoms with E-state index in [-0.39, 0.29) is 33.4 Å². The predicted molar refractivity (Wildman–Crippen MR) is 316 cm³/mol. The Bertz CT molecular complexity index is 4820. The number of para-hydroxylation sites is 3. The number of hydrogen-bond acceptors (Lipinski definition) is 3. The van der Waals surface area contributed by atoms with Crippen molar-refractivity contribution in [3.05, 3.63) is 273 Å². The van der Waals surface area contributed by atoms with Crippen molar-refractivity contribution < 1.29 is 27.7 Å². The average molecular weight is 1020 g/mol. The van der Waals surface area contributed by atoms with Crippen molar-refractivity contribution in [2.75, 3.05) is 0 Å². The molecule has 10 aromatic carbocycles. The van der Waals surface area contributed by atoms with E-state index in [1.807, 2.05) is 120 Å². The summed E-state index contributed by atoms with van der Waals surface area (Å²) in [5.74, 6) is 3.08. The molecule has 0 spiro atoms. The number of pyridine rings is 1. The second-order valence-corrected chi connectivity index (χ2v) is 23.9. The normalized spacial score (nSPS) is 14.6. The molecule has 6 nitrogen and oxygen atoms in total. The van der Waals surface area contributed by atoms with Crippen molar-refractivity contribution in [1.82, 2.24) is 14.1 Å². The molecule has 13 aromatic rings. The largest absolute Gasteiger partial charge is 0.458 e. The van der Waals surface area contributed by atoms with Crippen LogP contribution in [0, 0.1) is 6.33 Å². The van der Waals surface area contributed by atoms with E-state index in [0.29, 0.717) is 39.7 Å². The molecule has 0 saturated heterocycles. The van der Waals surface area contributed by atoms with E-state index >= 15 is 0 Å². The monoisotopic (exact) mass is 1020 g/mol. The van der Waals surface area contributed by atoms with Crippen LogP contribution in [0.15, 0.2) is 261 Å². The summed E-state index contributed by atoms with van der Waals surface area (Å²) < 4.78 is 110. The fourth-order valence-corrected chi connectivity index (χ4v) is 16.2. The molecule has 1 aliphatic heterocycles. The Morgan fingerprint density at radius 1 is 0.545 bits per heavy atom. The zero-order valence-corrected chi connectivity index (χ0v) is 43.2. The number of ether oxygens (including phenoxy) is 2. The highest BCUT2D eigenvalue weighted by atomic mass is 28.3. The molecule has 0 fully saturated rings. The average Bonchev–Trinajstić information content (AvgIpc) is 1.65. The van der Waals surface area contributed by atoms with Gasteiger partial charge in [-0.2, -0.15) is 0 Å². The lowest BCUT2D eigenvalue weighted by molar-refractivity contribution is -0.571. The molecular formula is C70H52N4O2Si. The van der Waals surface area contributed by atoms with Crippen molar-refractivity contribution in [3.8, 4) is 62.4 Å². The van der Waals surface area contributed by atoms with Crippen LogP contribution in [0.5, 0.6) is 23.0 Å². The number of imidazole rings is 1. The van der Waals surface area contributed by atoms with Gasteiger partial charge in [-0.3, -0.25) is 13.7 Å². The molecule has 14 rings (SSSR count). The van der Waals surface area contributed by atoms with E-state index < -0.39 is 68.5 Å². The lowest BCUT2D eigenvalue weighted by Crippen LogP contribution is -2.76. The van der Waals surface area contributed by atoms with E-state index in [0.717, 1.165) is 53.9 Å². The first-order valence-electron chi connectivity index (χ1n) is 30.4. The first kappa shape index (κ1) is 36.4. The first-order valence-corrected chi connectivity index (χ1v) is 27.4. The lowest BCUT2D eigenvalue weighted by atomic mass is 9.88. The molecule has 3 aromatic heterocycles. The summed E-state index contributed by atoms with van der Waals surface area (Å²) in [7, 11) is -3.39. The van der Waals surface area contributed by atoms with Crippen LogP contribution in [0.4, 0.5) is 0 Å². The van der Waals surface area contributed by atoms with Crippen molar-refractivity contribution in [3.63, 3.8) is 0 Å². The highest BCUT2D eigenvalue weighted by Gasteiger charge is 2.48. The van der Waals surface area contributed by atoms with Gasteiger partial charge in [0.1, 0.15) is 28.8 Å². The fourth-order valence-electron chi connectivity index (χ4n) is 11.2. The summed E-state index contributed by atoms with van der Waals surface area (Å²) in [5.41, 5.74) is 4.61. The summed E-state index contributed by atoms with van der Waals surface area (Å²) >= 11 is 0. The number of hydrogen-bond donors (Lipinski definition) is 0. The maximum Gasteiger partial charge on any atom is 0.269 e. The molecule has 0 bridgehead atoms.